The first-order valence-corrected chi connectivity index (χ1v) is 9.42. The molecule has 0 aromatic heterocycles. The van der Waals surface area contributed by atoms with Crippen molar-refractivity contribution in [1.29, 1.82) is 0 Å². The van der Waals surface area contributed by atoms with E-state index in [4.69, 9.17) is 14.2 Å². The third-order valence-electron chi connectivity index (χ3n) is 7.18. The number of ether oxygens (including phenoxy) is 3. The van der Waals surface area contributed by atoms with E-state index in [1.807, 2.05) is 0 Å². The lowest BCUT2D eigenvalue weighted by molar-refractivity contribution is -0.119. The maximum Gasteiger partial charge on any atom is 0.166 e. The normalized spacial score (nSPS) is 38.7. The molecule has 2 aliphatic carbocycles. The number of hydrogen-bond donors (Lipinski definition) is 1. The van der Waals surface area contributed by atoms with Crippen LogP contribution in [-0.4, -0.2) is 56.1 Å². The second kappa shape index (κ2) is 5.35. The molecule has 5 heteroatoms. The minimum atomic E-state index is -0.461. The van der Waals surface area contributed by atoms with Crippen molar-refractivity contribution in [1.82, 2.24) is 4.90 Å². The smallest absolute Gasteiger partial charge is 0.166 e. The summed E-state index contributed by atoms with van der Waals surface area (Å²) < 4.78 is 17.9. The van der Waals surface area contributed by atoms with Crippen molar-refractivity contribution in [3.05, 3.63) is 22.8 Å². The van der Waals surface area contributed by atoms with E-state index < -0.39 is 6.10 Å². The summed E-state index contributed by atoms with van der Waals surface area (Å²) in [7, 11) is 5.64. The van der Waals surface area contributed by atoms with Gasteiger partial charge in [0.25, 0.3) is 0 Å². The van der Waals surface area contributed by atoms with Crippen molar-refractivity contribution in [2.45, 2.75) is 61.9 Å². The fraction of sp³-hybridized carbons (Fsp3) is 0.700. The summed E-state index contributed by atoms with van der Waals surface area (Å²) in [5, 5.41) is 10.5. The molecular weight excluding hydrogens is 318 g/mol. The maximum absolute atomic E-state index is 10.5. The lowest BCUT2D eigenvalue weighted by Crippen LogP contribution is -2.57. The molecule has 1 spiro atoms. The highest BCUT2D eigenvalue weighted by atomic mass is 16.6. The van der Waals surface area contributed by atoms with Crippen LogP contribution in [0, 0.1) is 0 Å². The maximum atomic E-state index is 10.5. The first kappa shape index (κ1) is 15.9. The Morgan fingerprint density at radius 3 is 2.84 bits per heavy atom. The van der Waals surface area contributed by atoms with Gasteiger partial charge in [-0.25, -0.2) is 0 Å². The van der Waals surface area contributed by atoms with Crippen molar-refractivity contribution in [3.8, 4) is 11.5 Å². The molecule has 0 radical (unpaired) electrons. The van der Waals surface area contributed by atoms with Crippen LogP contribution in [0.15, 0.2) is 6.07 Å². The van der Waals surface area contributed by atoms with Crippen LogP contribution in [0.5, 0.6) is 11.5 Å². The van der Waals surface area contributed by atoms with Crippen LogP contribution in [0.4, 0.5) is 0 Å². The van der Waals surface area contributed by atoms with Gasteiger partial charge in [-0.2, -0.15) is 0 Å². The highest BCUT2D eigenvalue weighted by Crippen LogP contribution is 2.62. The quantitative estimate of drug-likeness (QED) is 0.890. The van der Waals surface area contributed by atoms with Gasteiger partial charge in [0, 0.05) is 30.7 Å². The summed E-state index contributed by atoms with van der Waals surface area (Å²) in [5.74, 6) is 1.75. The molecule has 4 aliphatic rings. The molecule has 5 rings (SSSR count). The molecule has 1 aromatic rings. The number of methoxy groups -OCH3 is 2. The summed E-state index contributed by atoms with van der Waals surface area (Å²) >= 11 is 0. The molecule has 25 heavy (non-hydrogen) atoms. The van der Waals surface area contributed by atoms with Crippen molar-refractivity contribution < 1.29 is 19.3 Å². The predicted octanol–water partition coefficient (Wildman–Crippen LogP) is 2.19. The average molecular weight is 345 g/mol. The Bertz CT molecular complexity index is 720. The van der Waals surface area contributed by atoms with Gasteiger partial charge < -0.3 is 19.3 Å². The number of benzene rings is 1. The Kier molecular flexibility index (Phi) is 3.41. The molecule has 2 heterocycles. The molecular formula is C20H27NO4. The number of aliphatic hydroxyl groups is 1. The lowest BCUT2D eigenvalue weighted by atomic mass is 9.58. The van der Waals surface area contributed by atoms with Crippen LogP contribution in [0.1, 0.15) is 48.4 Å². The lowest BCUT2D eigenvalue weighted by Gasteiger charge is -2.50. The van der Waals surface area contributed by atoms with Gasteiger partial charge in [-0.1, -0.05) is 0 Å². The summed E-state index contributed by atoms with van der Waals surface area (Å²) in [6.07, 6.45) is 4.16. The van der Waals surface area contributed by atoms with Crippen LogP contribution in [0.2, 0.25) is 0 Å². The molecule has 0 saturated heterocycles. The minimum absolute atomic E-state index is 0.0391. The standard InChI is InChI=1S/C20H27NO4/c1-21-9-6-11-10-14(23-2)18-16-15(11)12(21)4-7-20(16)8-5-13(22)17(24-3)19(20)25-18/h10,12-13,17,19,22H,4-9H2,1-3H3/t12-,13-,17-,19-,20+/m1/s1. The van der Waals surface area contributed by atoms with E-state index in [0.717, 1.165) is 50.1 Å². The molecule has 0 amide bonds. The molecule has 2 aliphatic heterocycles. The number of rotatable bonds is 2. The zero-order chi connectivity index (χ0) is 17.3. The highest BCUT2D eigenvalue weighted by molar-refractivity contribution is 5.64. The fourth-order valence-corrected chi connectivity index (χ4v) is 5.97. The molecule has 1 aromatic carbocycles. The number of nitrogens with zero attached hydrogens (tertiary/aromatic N) is 1. The van der Waals surface area contributed by atoms with Gasteiger partial charge in [0.15, 0.2) is 11.5 Å². The summed E-state index contributed by atoms with van der Waals surface area (Å²) in [4.78, 5) is 2.49. The number of aliphatic hydroxyl groups excluding tert-OH is 1. The largest absolute Gasteiger partial charge is 0.493 e. The number of likely N-dealkylation sites (N-methyl/N-ethyl adjacent to an activating group) is 1. The fourth-order valence-electron chi connectivity index (χ4n) is 5.97. The minimum Gasteiger partial charge on any atom is -0.493 e. The van der Waals surface area contributed by atoms with Crippen LogP contribution >= 0.6 is 0 Å². The molecule has 5 atom stereocenters. The van der Waals surface area contributed by atoms with Gasteiger partial charge in [0.05, 0.1) is 13.2 Å². The third-order valence-corrected chi connectivity index (χ3v) is 7.18. The Labute approximate surface area is 148 Å². The molecule has 1 N–H and O–H groups in total. The van der Waals surface area contributed by atoms with E-state index in [1.54, 1.807) is 14.2 Å². The molecule has 0 bridgehead atoms. The molecule has 0 unspecified atom stereocenters. The van der Waals surface area contributed by atoms with E-state index in [-0.39, 0.29) is 17.6 Å². The van der Waals surface area contributed by atoms with Gasteiger partial charge >= 0.3 is 0 Å². The zero-order valence-corrected chi connectivity index (χ0v) is 15.2. The first-order chi connectivity index (χ1) is 12.1. The molecule has 136 valence electrons. The number of hydrogen-bond acceptors (Lipinski definition) is 5. The molecule has 1 saturated carbocycles. The topological polar surface area (TPSA) is 51.2 Å². The Morgan fingerprint density at radius 1 is 1.28 bits per heavy atom. The average Bonchev–Trinajstić information content (AvgIpc) is 2.98. The van der Waals surface area contributed by atoms with Gasteiger partial charge in [-0.3, -0.25) is 4.90 Å². The first-order valence-electron chi connectivity index (χ1n) is 9.42. The van der Waals surface area contributed by atoms with Gasteiger partial charge in [0.1, 0.15) is 12.2 Å². The van der Waals surface area contributed by atoms with Crippen molar-refractivity contribution in [2.75, 3.05) is 27.8 Å². The van der Waals surface area contributed by atoms with Gasteiger partial charge in [0.2, 0.25) is 0 Å². The van der Waals surface area contributed by atoms with Crippen LogP contribution in [0.25, 0.3) is 0 Å². The summed E-state index contributed by atoms with van der Waals surface area (Å²) in [6, 6.07) is 2.66. The highest BCUT2D eigenvalue weighted by Gasteiger charge is 2.61. The Hall–Kier alpha value is -1.30. The van der Waals surface area contributed by atoms with E-state index >= 15 is 0 Å². The van der Waals surface area contributed by atoms with Gasteiger partial charge in [-0.05, 0) is 56.3 Å². The van der Waals surface area contributed by atoms with Crippen molar-refractivity contribution in [3.63, 3.8) is 0 Å². The van der Waals surface area contributed by atoms with Crippen LogP contribution in [0.3, 0.4) is 0 Å². The van der Waals surface area contributed by atoms with Crippen LogP contribution in [-0.2, 0) is 16.6 Å². The zero-order valence-electron chi connectivity index (χ0n) is 15.2. The van der Waals surface area contributed by atoms with Gasteiger partial charge in [-0.15, -0.1) is 0 Å². The van der Waals surface area contributed by atoms with E-state index in [0.29, 0.717) is 6.04 Å². The predicted molar refractivity (Wildman–Crippen MR) is 93.4 cm³/mol. The second-order valence-corrected chi connectivity index (χ2v) is 8.14. The van der Waals surface area contributed by atoms with Crippen molar-refractivity contribution in [2.24, 2.45) is 0 Å². The van der Waals surface area contributed by atoms with E-state index in [9.17, 15) is 5.11 Å². The van der Waals surface area contributed by atoms with Crippen LogP contribution < -0.4 is 9.47 Å². The summed E-state index contributed by atoms with van der Waals surface area (Å²) in [5.41, 5.74) is 4.22. The third kappa shape index (κ3) is 1.89. The van der Waals surface area contributed by atoms with E-state index in [1.165, 1.54) is 16.7 Å². The molecule has 1 fully saturated rings. The summed E-state index contributed by atoms with van der Waals surface area (Å²) in [6.45, 7) is 1.09. The van der Waals surface area contributed by atoms with E-state index in [2.05, 4.69) is 18.0 Å². The van der Waals surface area contributed by atoms with Crippen molar-refractivity contribution >= 4 is 0 Å². The molecule has 5 nitrogen and oxygen atoms in total. The monoisotopic (exact) mass is 345 g/mol. The Balaban J connectivity index is 1.75. The second-order valence-electron chi connectivity index (χ2n) is 8.14. The SMILES string of the molecule is COc1cc2c3c4c1O[C@@H]1[C@H](OC)[C@H](O)CC[C@@]41CC[C@H]3N(C)CC2. The Morgan fingerprint density at radius 2 is 2.08 bits per heavy atom.